The van der Waals surface area contributed by atoms with Gasteiger partial charge in [-0.25, -0.2) is 4.79 Å². The normalized spacial score (nSPS) is 14.1. The van der Waals surface area contributed by atoms with Gasteiger partial charge in [-0.15, -0.1) is 11.8 Å². The van der Waals surface area contributed by atoms with Gasteiger partial charge in [0.15, 0.2) is 0 Å². The summed E-state index contributed by atoms with van der Waals surface area (Å²) in [5, 5.41) is 1.05. The van der Waals surface area contributed by atoms with Crippen molar-refractivity contribution < 1.29 is 4.42 Å². The highest BCUT2D eigenvalue weighted by atomic mass is 32.2. The fourth-order valence-electron chi connectivity index (χ4n) is 1.90. The molecule has 0 aliphatic carbocycles. The van der Waals surface area contributed by atoms with Gasteiger partial charge in [-0.1, -0.05) is 17.7 Å². The van der Waals surface area contributed by atoms with Crippen LogP contribution < -0.4 is 5.63 Å². The summed E-state index contributed by atoms with van der Waals surface area (Å²) < 4.78 is 5.29. The van der Waals surface area contributed by atoms with Gasteiger partial charge in [0.05, 0.1) is 5.56 Å². The number of benzene rings is 1. The van der Waals surface area contributed by atoms with Crippen LogP contribution in [0.2, 0.25) is 0 Å². The molecule has 2 aromatic rings. The van der Waals surface area contributed by atoms with Crippen LogP contribution in [-0.4, -0.2) is 5.75 Å². The summed E-state index contributed by atoms with van der Waals surface area (Å²) >= 11 is 1.69. The van der Waals surface area contributed by atoms with Crippen LogP contribution in [0.25, 0.3) is 17.0 Å². The Kier molecular flexibility index (Phi) is 2.14. The summed E-state index contributed by atoms with van der Waals surface area (Å²) in [7, 11) is 0. The van der Waals surface area contributed by atoms with Crippen LogP contribution in [0.5, 0.6) is 0 Å². The minimum absolute atomic E-state index is 0.241. The Balaban J connectivity index is 2.49. The number of rotatable bonds is 0. The summed E-state index contributed by atoms with van der Waals surface area (Å²) in [5.74, 6) is 0.916. The van der Waals surface area contributed by atoms with Crippen molar-refractivity contribution in [1.82, 2.24) is 0 Å². The van der Waals surface area contributed by atoms with E-state index in [1.54, 1.807) is 11.8 Å². The fraction of sp³-hybridized carbons (Fsp3) is 0.154. The molecule has 0 radical (unpaired) electrons. The zero-order valence-electron chi connectivity index (χ0n) is 8.82. The lowest BCUT2D eigenvalue weighted by Crippen LogP contribution is -2.07. The molecule has 0 bridgehead atoms. The molecular formula is C13H10O2S. The van der Waals surface area contributed by atoms with Gasteiger partial charge in [0.25, 0.3) is 0 Å². The topological polar surface area (TPSA) is 30.2 Å². The number of fused-ring (bicyclic) bond motifs is 3. The van der Waals surface area contributed by atoms with Crippen LogP contribution in [0.4, 0.5) is 0 Å². The molecule has 3 heteroatoms. The molecule has 1 aliphatic heterocycles. The van der Waals surface area contributed by atoms with E-state index in [9.17, 15) is 4.79 Å². The Bertz CT molecular complexity index is 653. The van der Waals surface area contributed by atoms with Crippen LogP contribution in [0.15, 0.2) is 38.4 Å². The summed E-state index contributed by atoms with van der Waals surface area (Å²) in [6.07, 6.45) is 3.85. The summed E-state index contributed by atoms with van der Waals surface area (Å²) in [6, 6.07) is 5.90. The molecule has 2 heterocycles. The summed E-state index contributed by atoms with van der Waals surface area (Å²) in [6.45, 7) is 2.04. The van der Waals surface area contributed by atoms with E-state index in [0.29, 0.717) is 11.1 Å². The van der Waals surface area contributed by atoms with E-state index in [1.165, 1.54) is 5.56 Å². The third-order valence-corrected chi connectivity index (χ3v) is 3.74. The number of hydrogen-bond donors (Lipinski definition) is 0. The van der Waals surface area contributed by atoms with Gasteiger partial charge in [-0.3, -0.25) is 0 Å². The first kappa shape index (κ1) is 9.73. The van der Waals surface area contributed by atoms with E-state index in [4.69, 9.17) is 4.42 Å². The van der Waals surface area contributed by atoms with E-state index in [2.05, 4.69) is 6.07 Å². The molecule has 16 heavy (non-hydrogen) atoms. The van der Waals surface area contributed by atoms with Crippen LogP contribution in [0.3, 0.4) is 0 Å². The highest BCUT2D eigenvalue weighted by Crippen LogP contribution is 2.33. The van der Waals surface area contributed by atoms with Crippen molar-refractivity contribution in [3.8, 4) is 0 Å². The van der Waals surface area contributed by atoms with E-state index >= 15 is 0 Å². The molecule has 0 saturated carbocycles. The Labute approximate surface area is 97.0 Å². The van der Waals surface area contributed by atoms with Crippen molar-refractivity contribution in [1.29, 1.82) is 0 Å². The van der Waals surface area contributed by atoms with Crippen molar-refractivity contribution in [2.45, 2.75) is 11.8 Å². The van der Waals surface area contributed by atoms with Crippen LogP contribution in [0.1, 0.15) is 11.1 Å². The van der Waals surface area contributed by atoms with Crippen LogP contribution in [0, 0.1) is 6.92 Å². The molecule has 0 fully saturated rings. The number of hydrogen-bond acceptors (Lipinski definition) is 3. The van der Waals surface area contributed by atoms with Crippen molar-refractivity contribution in [2.24, 2.45) is 0 Å². The molecule has 0 amide bonds. The Hall–Kier alpha value is -1.48. The van der Waals surface area contributed by atoms with E-state index in [0.717, 1.165) is 16.0 Å². The quantitative estimate of drug-likeness (QED) is 0.651. The molecule has 3 rings (SSSR count). The van der Waals surface area contributed by atoms with Gasteiger partial charge in [0, 0.05) is 16.0 Å². The maximum Gasteiger partial charge on any atom is 0.344 e. The van der Waals surface area contributed by atoms with Crippen molar-refractivity contribution in [2.75, 3.05) is 5.75 Å². The molecule has 1 aromatic carbocycles. The Morgan fingerprint density at radius 3 is 3.12 bits per heavy atom. The maximum absolute atomic E-state index is 11.7. The van der Waals surface area contributed by atoms with Gasteiger partial charge in [0.1, 0.15) is 5.58 Å². The average molecular weight is 230 g/mol. The van der Waals surface area contributed by atoms with E-state index in [-0.39, 0.29) is 5.63 Å². The predicted molar refractivity (Wildman–Crippen MR) is 67.0 cm³/mol. The van der Waals surface area contributed by atoms with Gasteiger partial charge >= 0.3 is 5.63 Å². The second kappa shape index (κ2) is 3.52. The molecule has 0 spiro atoms. The zero-order chi connectivity index (χ0) is 11.1. The van der Waals surface area contributed by atoms with Crippen molar-refractivity contribution in [3.63, 3.8) is 0 Å². The zero-order valence-corrected chi connectivity index (χ0v) is 9.64. The first-order valence-electron chi connectivity index (χ1n) is 5.12. The fourth-order valence-corrected chi connectivity index (χ4v) is 2.88. The first-order valence-corrected chi connectivity index (χ1v) is 6.11. The standard InChI is InChI=1S/C13H10O2S/c1-8-4-5-11-10(7-8)12-9(13(14)15-11)3-2-6-16-12/h2-5,7H,6H2,1H3. The molecule has 2 nitrogen and oxygen atoms in total. The van der Waals surface area contributed by atoms with Gasteiger partial charge < -0.3 is 4.42 Å². The molecule has 1 aromatic heterocycles. The minimum Gasteiger partial charge on any atom is -0.422 e. The molecule has 1 aliphatic rings. The molecular weight excluding hydrogens is 220 g/mol. The highest BCUT2D eigenvalue weighted by molar-refractivity contribution is 7.99. The largest absolute Gasteiger partial charge is 0.422 e. The Morgan fingerprint density at radius 2 is 2.25 bits per heavy atom. The van der Waals surface area contributed by atoms with Crippen LogP contribution >= 0.6 is 11.8 Å². The van der Waals surface area contributed by atoms with Crippen LogP contribution in [-0.2, 0) is 0 Å². The van der Waals surface area contributed by atoms with Crippen molar-refractivity contribution >= 4 is 28.8 Å². The summed E-state index contributed by atoms with van der Waals surface area (Å²) in [5.41, 5.74) is 2.31. The second-order valence-corrected chi connectivity index (χ2v) is 4.88. The number of aryl methyl sites for hydroxylation is 1. The summed E-state index contributed by atoms with van der Waals surface area (Å²) in [4.78, 5) is 12.8. The minimum atomic E-state index is -0.241. The molecule has 80 valence electrons. The second-order valence-electron chi connectivity index (χ2n) is 3.85. The van der Waals surface area contributed by atoms with Gasteiger partial charge in [0.2, 0.25) is 0 Å². The Morgan fingerprint density at radius 1 is 1.38 bits per heavy atom. The third kappa shape index (κ3) is 1.39. The smallest absolute Gasteiger partial charge is 0.344 e. The SMILES string of the molecule is Cc1ccc2oc(=O)c3c(c2c1)SCC=C3. The molecule has 0 unspecified atom stereocenters. The lowest BCUT2D eigenvalue weighted by atomic mass is 10.1. The lowest BCUT2D eigenvalue weighted by Gasteiger charge is -2.11. The number of thioether (sulfide) groups is 1. The van der Waals surface area contributed by atoms with E-state index < -0.39 is 0 Å². The molecule has 0 saturated heterocycles. The average Bonchev–Trinajstić information content (AvgIpc) is 2.31. The lowest BCUT2D eigenvalue weighted by molar-refractivity contribution is 0.555. The third-order valence-electron chi connectivity index (χ3n) is 2.66. The van der Waals surface area contributed by atoms with Gasteiger partial charge in [-0.2, -0.15) is 0 Å². The maximum atomic E-state index is 11.7. The highest BCUT2D eigenvalue weighted by Gasteiger charge is 2.15. The molecule has 0 atom stereocenters. The molecule has 0 N–H and O–H groups in total. The first-order chi connectivity index (χ1) is 7.75. The monoisotopic (exact) mass is 230 g/mol. The van der Waals surface area contributed by atoms with Crippen molar-refractivity contribution in [3.05, 3.63) is 45.8 Å². The predicted octanol–water partition coefficient (Wildman–Crippen LogP) is 3.22. The van der Waals surface area contributed by atoms with Gasteiger partial charge in [-0.05, 0) is 25.1 Å². The van der Waals surface area contributed by atoms with E-state index in [1.807, 2.05) is 31.2 Å².